The third-order valence-electron chi connectivity index (χ3n) is 8.53. The van der Waals surface area contributed by atoms with Crippen LogP contribution in [0.2, 0.25) is 0 Å². The molecular weight excluding hydrogens is 348 g/mol. The number of hydrogen-bond donors (Lipinski definition) is 1. The molecule has 1 unspecified atom stereocenters. The standard InChI is InChI=1S/C25H34O3/c1-14(2)15(3)23(26)20-13-17(24(27)28)12-16-7-8-18-19(22(16)20)9-11-25(4)10-5-6-21(18)25/h12-15,18-19,21H,5-11H2,1-4H3,(H,27,28)/t15?,18-,19+,21+,25+/m1/s1. The number of Topliss-reactive ketones (excluding diaryl/α,β-unsaturated/α-hetero) is 1. The van der Waals surface area contributed by atoms with Crippen molar-refractivity contribution in [3.05, 3.63) is 34.4 Å². The fraction of sp³-hybridized carbons (Fsp3) is 0.680. The lowest BCUT2D eigenvalue weighted by molar-refractivity contribution is 0.0590. The second-order valence-electron chi connectivity index (χ2n) is 10.3. The normalized spacial score (nSPS) is 32.4. The molecule has 0 radical (unpaired) electrons. The van der Waals surface area contributed by atoms with Crippen LogP contribution in [0.5, 0.6) is 0 Å². The summed E-state index contributed by atoms with van der Waals surface area (Å²) in [7, 11) is 0. The third kappa shape index (κ3) is 3.02. The van der Waals surface area contributed by atoms with Crippen molar-refractivity contribution in [3.8, 4) is 0 Å². The fourth-order valence-electron chi connectivity index (χ4n) is 6.60. The van der Waals surface area contributed by atoms with Crippen LogP contribution in [0.15, 0.2) is 12.1 Å². The summed E-state index contributed by atoms with van der Waals surface area (Å²) in [6.45, 7) is 8.62. The molecule has 0 aromatic heterocycles. The SMILES string of the molecule is CC(C)C(C)C(=O)c1cc(C(=O)O)cc2c1[C@H]1CC[C@]3(C)CCC[C@H]3[C@@H]1CC2. The monoisotopic (exact) mass is 382 g/mol. The second-order valence-corrected chi connectivity index (χ2v) is 10.3. The van der Waals surface area contributed by atoms with E-state index in [4.69, 9.17) is 0 Å². The van der Waals surface area contributed by atoms with Gasteiger partial charge in [-0.3, -0.25) is 4.79 Å². The number of benzene rings is 1. The van der Waals surface area contributed by atoms with Gasteiger partial charge in [0.05, 0.1) is 5.56 Å². The largest absolute Gasteiger partial charge is 0.478 e. The molecule has 3 aliphatic rings. The van der Waals surface area contributed by atoms with Crippen LogP contribution in [-0.2, 0) is 6.42 Å². The quantitative estimate of drug-likeness (QED) is 0.640. The van der Waals surface area contributed by atoms with Gasteiger partial charge in [0.15, 0.2) is 5.78 Å². The van der Waals surface area contributed by atoms with Crippen molar-refractivity contribution in [2.24, 2.45) is 29.1 Å². The topological polar surface area (TPSA) is 54.4 Å². The molecule has 0 aliphatic heterocycles. The Kier molecular flexibility index (Phi) is 4.92. The number of ketones is 1. The molecule has 0 saturated heterocycles. The maximum absolute atomic E-state index is 13.4. The first kappa shape index (κ1) is 19.7. The van der Waals surface area contributed by atoms with E-state index in [2.05, 4.69) is 20.8 Å². The molecular formula is C25H34O3. The van der Waals surface area contributed by atoms with Crippen molar-refractivity contribution in [2.45, 2.75) is 78.6 Å². The van der Waals surface area contributed by atoms with Crippen LogP contribution in [0.1, 0.15) is 104 Å². The summed E-state index contributed by atoms with van der Waals surface area (Å²) >= 11 is 0. The third-order valence-corrected chi connectivity index (χ3v) is 8.53. The maximum Gasteiger partial charge on any atom is 0.335 e. The summed E-state index contributed by atoms with van der Waals surface area (Å²) in [5.74, 6) is 1.22. The van der Waals surface area contributed by atoms with Gasteiger partial charge in [-0.2, -0.15) is 0 Å². The Labute approximate surface area is 168 Å². The molecule has 1 aromatic carbocycles. The molecule has 152 valence electrons. The fourth-order valence-corrected chi connectivity index (χ4v) is 6.60. The van der Waals surface area contributed by atoms with Crippen molar-refractivity contribution in [3.63, 3.8) is 0 Å². The van der Waals surface area contributed by atoms with Crippen LogP contribution >= 0.6 is 0 Å². The molecule has 5 atom stereocenters. The van der Waals surface area contributed by atoms with Gasteiger partial charge in [-0.15, -0.1) is 0 Å². The van der Waals surface area contributed by atoms with Crippen LogP contribution in [0.25, 0.3) is 0 Å². The molecule has 2 fully saturated rings. The smallest absolute Gasteiger partial charge is 0.335 e. The first-order valence-corrected chi connectivity index (χ1v) is 11.2. The predicted octanol–water partition coefficient (Wildman–Crippen LogP) is 6.11. The zero-order valence-electron chi connectivity index (χ0n) is 17.8. The molecule has 28 heavy (non-hydrogen) atoms. The van der Waals surface area contributed by atoms with Gasteiger partial charge in [0.1, 0.15) is 0 Å². The molecule has 3 heteroatoms. The van der Waals surface area contributed by atoms with Crippen molar-refractivity contribution >= 4 is 11.8 Å². The van der Waals surface area contributed by atoms with Crippen molar-refractivity contribution in [1.82, 2.24) is 0 Å². The van der Waals surface area contributed by atoms with E-state index in [1.54, 1.807) is 6.07 Å². The van der Waals surface area contributed by atoms with E-state index < -0.39 is 5.97 Å². The van der Waals surface area contributed by atoms with E-state index in [0.29, 0.717) is 22.8 Å². The van der Waals surface area contributed by atoms with Crippen LogP contribution < -0.4 is 0 Å². The lowest BCUT2D eigenvalue weighted by atomic mass is 9.55. The highest BCUT2D eigenvalue weighted by Gasteiger charge is 2.51. The first-order valence-electron chi connectivity index (χ1n) is 11.2. The summed E-state index contributed by atoms with van der Waals surface area (Å²) in [5, 5.41) is 9.62. The van der Waals surface area contributed by atoms with Gasteiger partial charge in [0.2, 0.25) is 0 Å². The highest BCUT2D eigenvalue weighted by molar-refractivity contribution is 6.02. The van der Waals surface area contributed by atoms with Gasteiger partial charge in [-0.25, -0.2) is 4.79 Å². The second kappa shape index (κ2) is 7.00. The zero-order valence-corrected chi connectivity index (χ0v) is 17.8. The van der Waals surface area contributed by atoms with Gasteiger partial charge < -0.3 is 5.11 Å². The number of carbonyl (C=O) groups is 2. The van der Waals surface area contributed by atoms with E-state index in [-0.39, 0.29) is 23.2 Å². The summed E-state index contributed by atoms with van der Waals surface area (Å²) in [5.41, 5.74) is 3.81. The summed E-state index contributed by atoms with van der Waals surface area (Å²) < 4.78 is 0. The Morgan fingerprint density at radius 2 is 1.86 bits per heavy atom. The number of carbonyl (C=O) groups excluding carboxylic acids is 1. The molecule has 2 saturated carbocycles. The Hall–Kier alpha value is -1.64. The molecule has 0 heterocycles. The van der Waals surface area contributed by atoms with E-state index >= 15 is 0 Å². The molecule has 0 amide bonds. The minimum atomic E-state index is -0.928. The Morgan fingerprint density at radius 1 is 1.11 bits per heavy atom. The Bertz CT molecular complexity index is 808. The van der Waals surface area contributed by atoms with Crippen LogP contribution in [0, 0.1) is 29.1 Å². The van der Waals surface area contributed by atoms with Gasteiger partial charge in [-0.05, 0) is 90.9 Å². The highest BCUT2D eigenvalue weighted by atomic mass is 16.4. The maximum atomic E-state index is 13.4. The summed E-state index contributed by atoms with van der Waals surface area (Å²) in [6, 6.07) is 3.54. The van der Waals surface area contributed by atoms with E-state index in [9.17, 15) is 14.7 Å². The lowest BCUT2D eigenvalue weighted by Crippen LogP contribution is -2.40. The van der Waals surface area contributed by atoms with Crippen LogP contribution in [0.4, 0.5) is 0 Å². The molecule has 4 rings (SSSR count). The minimum absolute atomic E-state index is 0.0890. The molecule has 3 aliphatic carbocycles. The van der Waals surface area contributed by atoms with E-state index in [1.165, 1.54) is 31.2 Å². The number of fused-ring (bicyclic) bond motifs is 5. The Morgan fingerprint density at radius 3 is 2.54 bits per heavy atom. The van der Waals surface area contributed by atoms with E-state index in [1.807, 2.05) is 13.0 Å². The molecule has 0 spiro atoms. The number of aromatic carboxylic acids is 1. The summed E-state index contributed by atoms with van der Waals surface area (Å²) in [6.07, 6.45) is 8.47. The first-order chi connectivity index (χ1) is 13.2. The van der Waals surface area contributed by atoms with Crippen molar-refractivity contribution < 1.29 is 14.7 Å². The Balaban J connectivity index is 1.81. The molecule has 3 nitrogen and oxygen atoms in total. The van der Waals surface area contributed by atoms with E-state index in [0.717, 1.165) is 30.7 Å². The predicted molar refractivity (Wildman–Crippen MR) is 111 cm³/mol. The lowest BCUT2D eigenvalue weighted by Gasteiger charge is -2.49. The molecule has 1 aromatic rings. The average molecular weight is 383 g/mol. The number of rotatable bonds is 4. The van der Waals surface area contributed by atoms with Crippen LogP contribution in [-0.4, -0.2) is 16.9 Å². The highest BCUT2D eigenvalue weighted by Crippen LogP contribution is 2.61. The number of aryl methyl sites for hydroxylation is 1. The van der Waals surface area contributed by atoms with Gasteiger partial charge in [0.25, 0.3) is 0 Å². The summed E-state index contributed by atoms with van der Waals surface area (Å²) in [4.78, 5) is 25.1. The molecule has 1 N–H and O–H groups in total. The number of carboxylic acid groups (broad SMARTS) is 1. The van der Waals surface area contributed by atoms with Gasteiger partial charge in [-0.1, -0.05) is 34.1 Å². The van der Waals surface area contributed by atoms with Crippen molar-refractivity contribution in [1.29, 1.82) is 0 Å². The van der Waals surface area contributed by atoms with Crippen molar-refractivity contribution in [2.75, 3.05) is 0 Å². The molecule has 0 bridgehead atoms. The zero-order chi connectivity index (χ0) is 20.2. The number of hydrogen-bond acceptors (Lipinski definition) is 2. The van der Waals surface area contributed by atoms with Gasteiger partial charge >= 0.3 is 5.97 Å². The van der Waals surface area contributed by atoms with Crippen LogP contribution in [0.3, 0.4) is 0 Å². The minimum Gasteiger partial charge on any atom is -0.478 e. The number of carboxylic acids is 1. The average Bonchev–Trinajstić information content (AvgIpc) is 3.07. The van der Waals surface area contributed by atoms with Gasteiger partial charge in [0, 0.05) is 11.5 Å².